The van der Waals surface area contributed by atoms with E-state index in [4.69, 9.17) is 0 Å². The number of piperidine rings is 3. The highest BCUT2D eigenvalue weighted by Crippen LogP contribution is 2.28. The minimum absolute atomic E-state index is 0.0239. The normalized spacial score (nSPS) is 18.1. The Morgan fingerprint density at radius 3 is 1.18 bits per heavy atom. The second-order valence-electron chi connectivity index (χ2n) is 18.8. The van der Waals surface area contributed by atoms with E-state index < -0.39 is 29.5 Å². The first-order valence-electron chi connectivity index (χ1n) is 22.1. The van der Waals surface area contributed by atoms with E-state index in [1.807, 2.05) is 49.9 Å². The van der Waals surface area contributed by atoms with Crippen molar-refractivity contribution in [3.05, 3.63) is 106 Å². The van der Waals surface area contributed by atoms with Gasteiger partial charge in [-0.2, -0.15) is 13.2 Å². The predicted octanol–water partition coefficient (Wildman–Crippen LogP) is 11.4. The molecule has 3 aromatic rings. The number of likely N-dealkylation sites (tertiary alicyclic amines) is 3. The first-order valence-corrected chi connectivity index (χ1v) is 22.1. The SMILES string of the molecule is CC(C)(CN1CCCCC1)C(=O)c1ccc(F)cc1.CC(F)(CN1CCCCC1)C(=O)c1ccc(CC(F)(F)F)cc1.Cc1ccc(C(=O)C(C)(C)CN2CCCCC2)cc1. The molecule has 0 radical (unpaired) electrons. The highest BCUT2D eigenvalue weighted by atomic mass is 19.4. The zero-order valence-electron chi connectivity index (χ0n) is 37.3. The Morgan fingerprint density at radius 1 is 0.475 bits per heavy atom. The molecule has 6 rings (SSSR count). The van der Waals surface area contributed by atoms with E-state index in [1.165, 1.54) is 87.4 Å². The Bertz CT molecular complexity index is 1740. The number of ketones is 3. The summed E-state index contributed by atoms with van der Waals surface area (Å²) in [5.41, 5.74) is 0.0509. The van der Waals surface area contributed by atoms with Crippen LogP contribution < -0.4 is 0 Å². The lowest BCUT2D eigenvalue weighted by molar-refractivity contribution is -0.127. The fraction of sp³-hybridized carbons (Fsp3) is 0.580. The highest BCUT2D eigenvalue weighted by molar-refractivity contribution is 6.02. The molecule has 0 amide bonds. The van der Waals surface area contributed by atoms with Crippen LogP contribution in [0.4, 0.5) is 22.0 Å². The molecule has 6 nitrogen and oxygen atoms in total. The Morgan fingerprint density at radius 2 is 0.803 bits per heavy atom. The molecule has 1 atom stereocenters. The fourth-order valence-electron chi connectivity index (χ4n) is 8.50. The van der Waals surface area contributed by atoms with Crippen LogP contribution in [0.15, 0.2) is 72.8 Å². The third kappa shape index (κ3) is 16.4. The van der Waals surface area contributed by atoms with Gasteiger partial charge in [-0.3, -0.25) is 19.3 Å². The van der Waals surface area contributed by atoms with Crippen molar-refractivity contribution in [3.63, 3.8) is 0 Å². The number of Topliss-reactive ketones (excluding diaryl/α,β-unsaturated/α-hetero) is 3. The zero-order valence-corrected chi connectivity index (χ0v) is 37.3. The summed E-state index contributed by atoms with van der Waals surface area (Å²) in [6.45, 7) is 19.1. The van der Waals surface area contributed by atoms with E-state index in [0.29, 0.717) is 5.56 Å². The van der Waals surface area contributed by atoms with Crippen molar-refractivity contribution >= 4 is 17.3 Å². The molecule has 0 aromatic heterocycles. The molecule has 0 N–H and O–H groups in total. The van der Waals surface area contributed by atoms with Crippen molar-refractivity contribution in [2.45, 2.75) is 118 Å². The van der Waals surface area contributed by atoms with Crippen molar-refractivity contribution in [3.8, 4) is 0 Å². The van der Waals surface area contributed by atoms with Gasteiger partial charge in [-0.25, -0.2) is 8.78 Å². The van der Waals surface area contributed by atoms with Crippen LogP contribution >= 0.6 is 0 Å². The first-order chi connectivity index (χ1) is 28.6. The van der Waals surface area contributed by atoms with Crippen LogP contribution in [-0.4, -0.2) is 103 Å². The molecule has 3 fully saturated rings. The predicted molar refractivity (Wildman–Crippen MR) is 235 cm³/mol. The summed E-state index contributed by atoms with van der Waals surface area (Å²) in [5, 5.41) is 0. The van der Waals surface area contributed by atoms with Crippen LogP contribution in [0.3, 0.4) is 0 Å². The van der Waals surface area contributed by atoms with E-state index in [0.717, 1.165) is 77.2 Å². The van der Waals surface area contributed by atoms with Gasteiger partial charge in [0, 0.05) is 47.2 Å². The summed E-state index contributed by atoms with van der Waals surface area (Å²) in [7, 11) is 0. The van der Waals surface area contributed by atoms with Crippen LogP contribution in [0.25, 0.3) is 0 Å². The number of halogens is 5. The zero-order chi connectivity index (χ0) is 44.8. The maximum absolute atomic E-state index is 14.8. The van der Waals surface area contributed by atoms with E-state index in [1.54, 1.807) is 12.1 Å². The molecule has 11 heteroatoms. The van der Waals surface area contributed by atoms with Gasteiger partial charge >= 0.3 is 6.18 Å². The molecule has 61 heavy (non-hydrogen) atoms. The summed E-state index contributed by atoms with van der Waals surface area (Å²) in [6.07, 6.45) is 5.38. The van der Waals surface area contributed by atoms with Crippen LogP contribution in [0.5, 0.6) is 0 Å². The summed E-state index contributed by atoms with van der Waals surface area (Å²) >= 11 is 0. The first kappa shape index (κ1) is 49.9. The van der Waals surface area contributed by atoms with Gasteiger partial charge in [-0.05, 0) is 121 Å². The number of aryl methyl sites for hydroxylation is 1. The third-order valence-corrected chi connectivity index (χ3v) is 11.8. The molecule has 0 saturated carbocycles. The number of carbonyl (C=O) groups is 3. The number of hydrogen-bond donors (Lipinski definition) is 0. The Labute approximate surface area is 361 Å². The lowest BCUT2D eigenvalue weighted by atomic mass is 9.83. The smallest absolute Gasteiger partial charge is 0.302 e. The van der Waals surface area contributed by atoms with E-state index >= 15 is 0 Å². The molecular weight excluding hydrogens is 786 g/mol. The Kier molecular flexibility index (Phi) is 18.4. The average Bonchev–Trinajstić information content (AvgIpc) is 3.21. The van der Waals surface area contributed by atoms with Crippen LogP contribution in [0.2, 0.25) is 0 Å². The summed E-state index contributed by atoms with van der Waals surface area (Å²) in [6, 6.07) is 18.8. The largest absolute Gasteiger partial charge is 0.393 e. The van der Waals surface area contributed by atoms with Crippen molar-refractivity contribution in [1.82, 2.24) is 14.7 Å². The lowest BCUT2D eigenvalue weighted by Gasteiger charge is -2.34. The number of rotatable bonds is 13. The summed E-state index contributed by atoms with van der Waals surface area (Å²) in [5.74, 6) is -0.622. The van der Waals surface area contributed by atoms with Gasteiger partial charge in [0.15, 0.2) is 17.2 Å². The molecule has 1 unspecified atom stereocenters. The highest BCUT2D eigenvalue weighted by Gasteiger charge is 2.37. The minimum atomic E-state index is -4.30. The fourth-order valence-corrected chi connectivity index (χ4v) is 8.50. The standard InChI is InChI=1S/C17H21F4NO.C17H25NO.C16H22FNO/c1-16(18,12-22-9-3-2-4-10-22)15(23)14-7-5-13(6-8-14)11-17(19,20)21;1-14-7-9-15(10-8-14)16(19)17(2,3)13-18-11-5-4-6-12-18;1-16(2,12-18-10-4-3-5-11-18)15(19)13-6-8-14(17)9-7-13/h5-8H,2-4,9-12H2,1H3;7-10H,4-6,11-13H2,1-3H3;6-9H,3-5,10-12H2,1-2H3. The van der Waals surface area contributed by atoms with Gasteiger partial charge < -0.3 is 9.80 Å². The van der Waals surface area contributed by atoms with E-state index in [9.17, 15) is 36.3 Å². The number of carbonyl (C=O) groups excluding carboxylic acids is 3. The monoisotopic (exact) mass is 854 g/mol. The maximum Gasteiger partial charge on any atom is 0.393 e. The second kappa shape index (κ2) is 22.5. The van der Waals surface area contributed by atoms with Crippen molar-refractivity contribution in [2.24, 2.45) is 10.8 Å². The molecule has 3 aliphatic rings. The van der Waals surface area contributed by atoms with E-state index in [-0.39, 0.29) is 40.5 Å². The number of nitrogens with zero attached hydrogens (tertiary/aromatic N) is 3. The number of benzene rings is 3. The number of hydrogen-bond acceptors (Lipinski definition) is 6. The molecule has 0 spiro atoms. The van der Waals surface area contributed by atoms with Crippen LogP contribution in [0.1, 0.15) is 135 Å². The third-order valence-electron chi connectivity index (χ3n) is 11.8. The molecule has 336 valence electrons. The molecule has 3 aliphatic heterocycles. The van der Waals surface area contributed by atoms with Gasteiger partial charge in [0.05, 0.1) is 6.42 Å². The molecule has 0 aliphatic carbocycles. The van der Waals surface area contributed by atoms with Crippen molar-refractivity contribution < 1.29 is 36.3 Å². The van der Waals surface area contributed by atoms with Crippen molar-refractivity contribution in [2.75, 3.05) is 58.9 Å². The Hall–Kier alpha value is -3.80. The second-order valence-corrected chi connectivity index (χ2v) is 18.8. The van der Waals surface area contributed by atoms with Crippen LogP contribution in [-0.2, 0) is 6.42 Å². The quantitative estimate of drug-likeness (QED) is 0.126. The number of alkyl halides is 4. The summed E-state index contributed by atoms with van der Waals surface area (Å²) in [4.78, 5) is 44.2. The van der Waals surface area contributed by atoms with Crippen molar-refractivity contribution in [1.29, 1.82) is 0 Å². The molecule has 3 saturated heterocycles. The van der Waals surface area contributed by atoms with E-state index in [2.05, 4.69) is 23.6 Å². The molecule has 3 aromatic carbocycles. The average molecular weight is 854 g/mol. The van der Waals surface area contributed by atoms with Crippen LogP contribution in [0, 0.1) is 23.6 Å². The molecule has 3 heterocycles. The Balaban J connectivity index is 0.000000203. The van der Waals surface area contributed by atoms with Gasteiger partial charge in [0.25, 0.3) is 0 Å². The molecule has 0 bridgehead atoms. The molecular formula is C50H68F5N3O3. The minimum Gasteiger partial charge on any atom is -0.302 e. The van der Waals surface area contributed by atoms with Gasteiger partial charge in [-0.1, -0.05) is 101 Å². The maximum atomic E-state index is 14.8. The lowest BCUT2D eigenvalue weighted by Crippen LogP contribution is -2.45. The topological polar surface area (TPSA) is 60.9 Å². The summed E-state index contributed by atoms with van der Waals surface area (Å²) < 4.78 is 64.6. The van der Waals surface area contributed by atoms with Gasteiger partial charge in [0.1, 0.15) is 5.82 Å². The van der Waals surface area contributed by atoms with Gasteiger partial charge in [0.2, 0.25) is 5.78 Å². The van der Waals surface area contributed by atoms with Gasteiger partial charge in [-0.15, -0.1) is 0 Å².